The highest BCUT2D eigenvalue weighted by molar-refractivity contribution is 5.93. The number of anilines is 1. The lowest BCUT2D eigenvalue weighted by Gasteiger charge is -2.24. The highest BCUT2D eigenvalue weighted by atomic mass is 19.3. The van der Waals surface area contributed by atoms with Crippen molar-refractivity contribution in [3.63, 3.8) is 0 Å². The Hall–Kier alpha value is -2.38. The normalized spacial score (nSPS) is 13.4. The summed E-state index contributed by atoms with van der Waals surface area (Å²) >= 11 is 0. The van der Waals surface area contributed by atoms with E-state index in [4.69, 9.17) is 5.11 Å². The van der Waals surface area contributed by atoms with Crippen LogP contribution in [0, 0.1) is 0 Å². The highest BCUT2D eigenvalue weighted by Gasteiger charge is 2.32. The van der Waals surface area contributed by atoms with Crippen LogP contribution in [0.2, 0.25) is 0 Å². The van der Waals surface area contributed by atoms with Crippen LogP contribution in [0.15, 0.2) is 24.3 Å². The Morgan fingerprint density at radius 2 is 1.90 bits per heavy atom. The van der Waals surface area contributed by atoms with E-state index in [9.17, 15) is 18.4 Å². The molecule has 1 aromatic carbocycles. The van der Waals surface area contributed by atoms with E-state index >= 15 is 0 Å². The molecule has 0 fully saturated rings. The number of alkyl halides is 2. The van der Waals surface area contributed by atoms with Crippen LogP contribution in [0.25, 0.3) is 0 Å². The summed E-state index contributed by atoms with van der Waals surface area (Å²) in [6, 6.07) is 4.54. The molecule has 0 saturated carbocycles. The minimum absolute atomic E-state index is 0.0418. The van der Waals surface area contributed by atoms with E-state index in [0.717, 1.165) is 0 Å². The van der Waals surface area contributed by atoms with E-state index in [1.165, 1.54) is 31.2 Å². The third kappa shape index (κ3) is 4.90. The smallest absolute Gasteiger partial charge is 0.387 e. The Balaban J connectivity index is 2.65. The molecule has 0 unspecified atom stereocenters. The van der Waals surface area contributed by atoms with Crippen molar-refractivity contribution in [3.8, 4) is 5.75 Å². The number of nitrogens with one attached hydrogen (secondary N) is 2. The zero-order chi connectivity index (χ0) is 16.0. The van der Waals surface area contributed by atoms with Crippen molar-refractivity contribution in [2.24, 2.45) is 0 Å². The Morgan fingerprint density at radius 3 is 2.33 bits per heavy atom. The third-order valence-corrected chi connectivity index (χ3v) is 2.91. The molecule has 1 rings (SSSR count). The van der Waals surface area contributed by atoms with Gasteiger partial charge in [0.25, 0.3) is 0 Å². The van der Waals surface area contributed by atoms with Crippen molar-refractivity contribution in [2.75, 3.05) is 5.32 Å². The largest absolute Gasteiger partial charge is 0.480 e. The Kier molecular flexibility index (Phi) is 5.45. The third-order valence-electron chi connectivity index (χ3n) is 2.91. The summed E-state index contributed by atoms with van der Waals surface area (Å²) in [5.41, 5.74) is -1.07. The quantitative estimate of drug-likeness (QED) is 0.754. The number of carbonyl (C=O) groups is 2. The SMILES string of the molecule is CC[C@@](C)(NC(=O)Nc1ccc(OC(F)F)cc1)C(=O)O. The summed E-state index contributed by atoms with van der Waals surface area (Å²) in [4.78, 5) is 22.8. The average Bonchev–Trinajstić information content (AvgIpc) is 2.40. The van der Waals surface area contributed by atoms with Gasteiger partial charge in [-0.1, -0.05) is 6.92 Å². The zero-order valence-corrected chi connectivity index (χ0v) is 11.5. The summed E-state index contributed by atoms with van der Waals surface area (Å²) < 4.78 is 28.1. The number of aliphatic carboxylic acids is 1. The van der Waals surface area contributed by atoms with Gasteiger partial charge in [-0.05, 0) is 37.6 Å². The Bertz CT molecular complexity index is 507. The van der Waals surface area contributed by atoms with E-state index in [0.29, 0.717) is 5.69 Å². The zero-order valence-electron chi connectivity index (χ0n) is 11.5. The van der Waals surface area contributed by atoms with Crippen LogP contribution in [0.3, 0.4) is 0 Å². The number of benzene rings is 1. The van der Waals surface area contributed by atoms with Crippen molar-refractivity contribution >= 4 is 17.7 Å². The van der Waals surface area contributed by atoms with E-state index in [-0.39, 0.29) is 12.2 Å². The van der Waals surface area contributed by atoms with Gasteiger partial charge in [0.15, 0.2) is 0 Å². The number of hydrogen-bond donors (Lipinski definition) is 3. The van der Waals surface area contributed by atoms with E-state index < -0.39 is 24.2 Å². The molecule has 0 heterocycles. The number of ether oxygens (including phenoxy) is 1. The van der Waals surface area contributed by atoms with Crippen LogP contribution >= 0.6 is 0 Å². The molecule has 0 aromatic heterocycles. The molecular formula is C13H16F2N2O4. The predicted molar refractivity (Wildman–Crippen MR) is 71.6 cm³/mol. The molecule has 0 aliphatic carbocycles. The van der Waals surface area contributed by atoms with Crippen molar-refractivity contribution in [1.29, 1.82) is 0 Å². The maximum Gasteiger partial charge on any atom is 0.387 e. The lowest BCUT2D eigenvalue weighted by Crippen LogP contribution is -2.53. The number of hydrogen-bond acceptors (Lipinski definition) is 3. The van der Waals surface area contributed by atoms with E-state index in [1.807, 2.05) is 0 Å². The number of carboxylic acids is 1. The molecule has 0 saturated heterocycles. The number of carboxylic acid groups (broad SMARTS) is 1. The monoisotopic (exact) mass is 302 g/mol. The van der Waals surface area contributed by atoms with Crippen LogP contribution in [0.4, 0.5) is 19.3 Å². The molecule has 0 spiro atoms. The first-order valence-electron chi connectivity index (χ1n) is 6.14. The molecule has 3 N–H and O–H groups in total. The van der Waals surface area contributed by atoms with Gasteiger partial charge in [0, 0.05) is 5.69 Å². The van der Waals surface area contributed by atoms with E-state index in [2.05, 4.69) is 15.4 Å². The molecule has 21 heavy (non-hydrogen) atoms. The molecule has 116 valence electrons. The predicted octanol–water partition coefficient (Wildman–Crippen LogP) is 2.66. The molecule has 6 nitrogen and oxygen atoms in total. The van der Waals surface area contributed by atoms with E-state index in [1.54, 1.807) is 6.92 Å². The maximum absolute atomic E-state index is 12.0. The fourth-order valence-electron chi connectivity index (χ4n) is 1.43. The minimum atomic E-state index is -2.92. The maximum atomic E-state index is 12.0. The minimum Gasteiger partial charge on any atom is -0.480 e. The van der Waals surface area contributed by atoms with Crippen LogP contribution in [0.1, 0.15) is 20.3 Å². The summed E-state index contributed by atoms with van der Waals surface area (Å²) in [5.74, 6) is -1.19. The van der Waals surface area contributed by atoms with Crippen LogP contribution < -0.4 is 15.4 Å². The standard InChI is InChI=1S/C13H16F2N2O4/c1-3-13(2,10(18)19)17-12(20)16-8-4-6-9(7-5-8)21-11(14)15/h4-7,11H,3H2,1-2H3,(H,18,19)(H2,16,17,20)/t13-/m1/s1. The van der Waals surface area contributed by atoms with Gasteiger partial charge in [-0.3, -0.25) is 0 Å². The molecule has 2 amide bonds. The van der Waals surface area contributed by atoms with Gasteiger partial charge in [-0.15, -0.1) is 0 Å². The summed E-state index contributed by atoms with van der Waals surface area (Å²) in [7, 11) is 0. The van der Waals surface area contributed by atoms with Crippen molar-refractivity contribution < 1.29 is 28.2 Å². The van der Waals surface area contributed by atoms with Gasteiger partial charge in [-0.2, -0.15) is 8.78 Å². The molecule has 0 aliphatic heterocycles. The van der Waals surface area contributed by atoms with Gasteiger partial charge in [0.1, 0.15) is 11.3 Å². The average molecular weight is 302 g/mol. The first kappa shape index (κ1) is 16.7. The second kappa shape index (κ2) is 6.87. The summed E-state index contributed by atoms with van der Waals surface area (Å²) in [5, 5.41) is 13.8. The van der Waals surface area contributed by atoms with Gasteiger partial charge in [0.05, 0.1) is 0 Å². The number of carbonyl (C=O) groups excluding carboxylic acids is 1. The first-order valence-corrected chi connectivity index (χ1v) is 6.14. The Labute approximate surface area is 120 Å². The Morgan fingerprint density at radius 1 is 1.33 bits per heavy atom. The van der Waals surface area contributed by atoms with Crippen LogP contribution in [-0.2, 0) is 4.79 Å². The molecule has 1 aromatic rings. The summed E-state index contributed by atoms with van der Waals surface area (Å²) in [6.07, 6.45) is 0.205. The number of rotatable bonds is 6. The molecular weight excluding hydrogens is 286 g/mol. The highest BCUT2D eigenvalue weighted by Crippen LogP contribution is 2.18. The molecule has 0 bridgehead atoms. The van der Waals surface area contributed by atoms with Crippen LogP contribution in [0.5, 0.6) is 5.75 Å². The summed E-state index contributed by atoms with van der Waals surface area (Å²) in [6.45, 7) is 0.0900. The van der Waals surface area contributed by atoms with Gasteiger partial charge < -0.3 is 20.5 Å². The fourth-order valence-corrected chi connectivity index (χ4v) is 1.43. The van der Waals surface area contributed by atoms with Gasteiger partial charge in [-0.25, -0.2) is 9.59 Å². The van der Waals surface area contributed by atoms with Crippen LogP contribution in [-0.4, -0.2) is 29.3 Å². The lowest BCUT2D eigenvalue weighted by atomic mass is 10.00. The van der Waals surface area contributed by atoms with Crippen molar-refractivity contribution in [3.05, 3.63) is 24.3 Å². The number of halogens is 2. The van der Waals surface area contributed by atoms with Gasteiger partial charge >= 0.3 is 18.6 Å². The number of urea groups is 1. The molecule has 0 aliphatic rings. The molecule has 0 radical (unpaired) electrons. The van der Waals surface area contributed by atoms with Gasteiger partial charge in [0.2, 0.25) is 0 Å². The second-order valence-electron chi connectivity index (χ2n) is 4.47. The van der Waals surface area contributed by atoms with Crippen molar-refractivity contribution in [2.45, 2.75) is 32.4 Å². The molecule has 1 atom stereocenters. The van der Waals surface area contributed by atoms with Crippen molar-refractivity contribution in [1.82, 2.24) is 5.32 Å². The topological polar surface area (TPSA) is 87.7 Å². The lowest BCUT2D eigenvalue weighted by molar-refractivity contribution is -0.143. The fraction of sp³-hybridized carbons (Fsp3) is 0.385. The first-order chi connectivity index (χ1) is 9.76. The second-order valence-corrected chi connectivity index (χ2v) is 4.47. The molecule has 8 heteroatoms. The number of amides is 2.